The van der Waals surface area contributed by atoms with Gasteiger partial charge in [-0.2, -0.15) is 13.2 Å². The molecule has 0 amide bonds. The number of carbonyl (C=O) groups excluding carboxylic acids is 1. The third-order valence-electron chi connectivity index (χ3n) is 3.35. The molecule has 1 heterocycles. The van der Waals surface area contributed by atoms with E-state index in [1.807, 2.05) is 0 Å². The predicted octanol–water partition coefficient (Wildman–Crippen LogP) is 3.89. The van der Waals surface area contributed by atoms with Gasteiger partial charge in [0.15, 0.2) is 0 Å². The van der Waals surface area contributed by atoms with Gasteiger partial charge in [0.1, 0.15) is 6.04 Å². The smallest absolute Gasteiger partial charge is 0.416 e. The van der Waals surface area contributed by atoms with Crippen LogP contribution in [0.1, 0.15) is 25.3 Å². The van der Waals surface area contributed by atoms with Crippen molar-refractivity contribution in [2.24, 2.45) is 0 Å². The molecule has 0 N–H and O–H groups in total. The van der Waals surface area contributed by atoms with Crippen molar-refractivity contribution >= 4 is 23.3 Å². The van der Waals surface area contributed by atoms with Crippen molar-refractivity contribution in [3.8, 4) is 0 Å². The number of alkyl halides is 3. The van der Waals surface area contributed by atoms with Crippen LogP contribution >= 0.6 is 11.6 Å². The van der Waals surface area contributed by atoms with Crippen molar-refractivity contribution in [2.75, 3.05) is 18.1 Å². The van der Waals surface area contributed by atoms with Crippen molar-refractivity contribution in [3.63, 3.8) is 0 Å². The Labute approximate surface area is 125 Å². The minimum atomic E-state index is -4.47. The zero-order valence-electron chi connectivity index (χ0n) is 11.4. The molecule has 0 spiro atoms. The summed E-state index contributed by atoms with van der Waals surface area (Å²) in [5, 5.41) is -0.00525. The van der Waals surface area contributed by atoms with Gasteiger partial charge in [-0.25, -0.2) is 4.79 Å². The Kier molecular flexibility index (Phi) is 4.66. The summed E-state index contributed by atoms with van der Waals surface area (Å²) in [6.07, 6.45) is -3.19. The SMILES string of the molecule is CCOC(=O)[C@H]1CCCN1c1cc(Cl)cc(C(F)(F)F)c1. The summed E-state index contributed by atoms with van der Waals surface area (Å²) < 4.78 is 43.5. The third-order valence-corrected chi connectivity index (χ3v) is 3.57. The van der Waals surface area contributed by atoms with Crippen LogP contribution in [-0.2, 0) is 15.7 Å². The van der Waals surface area contributed by atoms with E-state index < -0.39 is 23.8 Å². The largest absolute Gasteiger partial charge is 0.464 e. The molecule has 0 aromatic heterocycles. The Balaban J connectivity index is 2.32. The number of esters is 1. The average Bonchev–Trinajstić information content (AvgIpc) is 2.86. The van der Waals surface area contributed by atoms with Crippen LogP contribution in [0.5, 0.6) is 0 Å². The first-order valence-corrected chi connectivity index (χ1v) is 7.01. The number of carbonyl (C=O) groups is 1. The summed E-state index contributed by atoms with van der Waals surface area (Å²) in [6, 6.07) is 2.78. The molecule has 7 heteroatoms. The zero-order valence-corrected chi connectivity index (χ0v) is 12.2. The van der Waals surface area contributed by atoms with Crippen molar-refractivity contribution in [2.45, 2.75) is 32.0 Å². The molecule has 0 radical (unpaired) electrons. The number of hydrogen-bond donors (Lipinski definition) is 0. The van der Waals surface area contributed by atoms with E-state index in [9.17, 15) is 18.0 Å². The fourth-order valence-corrected chi connectivity index (χ4v) is 2.69. The predicted molar refractivity (Wildman–Crippen MR) is 73.5 cm³/mol. The van der Waals surface area contributed by atoms with Gasteiger partial charge in [-0.15, -0.1) is 0 Å². The average molecular weight is 322 g/mol. The van der Waals surface area contributed by atoms with Gasteiger partial charge in [-0.05, 0) is 38.0 Å². The highest BCUT2D eigenvalue weighted by molar-refractivity contribution is 6.31. The van der Waals surface area contributed by atoms with E-state index in [-0.39, 0.29) is 11.6 Å². The molecule has 116 valence electrons. The first kappa shape index (κ1) is 15.9. The van der Waals surface area contributed by atoms with Crippen molar-refractivity contribution < 1.29 is 22.7 Å². The highest BCUT2D eigenvalue weighted by Gasteiger charge is 2.35. The van der Waals surface area contributed by atoms with Crippen molar-refractivity contribution in [3.05, 3.63) is 28.8 Å². The van der Waals surface area contributed by atoms with E-state index in [1.165, 1.54) is 6.07 Å². The highest BCUT2D eigenvalue weighted by atomic mass is 35.5. The second-order valence-electron chi connectivity index (χ2n) is 4.80. The van der Waals surface area contributed by atoms with Crippen LogP contribution < -0.4 is 4.90 Å². The molecular formula is C14H15ClF3NO2. The number of rotatable bonds is 3. The van der Waals surface area contributed by atoms with Crippen LogP contribution in [0.2, 0.25) is 5.02 Å². The lowest BCUT2D eigenvalue weighted by Gasteiger charge is -2.26. The number of halogens is 4. The molecule has 2 rings (SSSR count). The first-order valence-electron chi connectivity index (χ1n) is 6.64. The molecule has 1 fully saturated rings. The minimum Gasteiger partial charge on any atom is -0.464 e. The van der Waals surface area contributed by atoms with E-state index in [1.54, 1.807) is 11.8 Å². The fraction of sp³-hybridized carbons (Fsp3) is 0.500. The summed E-state index contributed by atoms with van der Waals surface area (Å²) in [4.78, 5) is 13.5. The van der Waals surface area contributed by atoms with Gasteiger partial charge in [0.25, 0.3) is 0 Å². The molecule has 1 aromatic carbocycles. The molecule has 1 aliphatic heterocycles. The Morgan fingerprint density at radius 1 is 1.43 bits per heavy atom. The summed E-state index contributed by atoms with van der Waals surface area (Å²) in [5.41, 5.74) is -0.523. The molecule has 1 aliphatic rings. The third kappa shape index (κ3) is 3.61. The Morgan fingerprint density at radius 2 is 2.14 bits per heavy atom. The maximum absolute atomic E-state index is 12.8. The Morgan fingerprint density at radius 3 is 2.76 bits per heavy atom. The molecule has 0 aliphatic carbocycles. The molecule has 1 aromatic rings. The monoisotopic (exact) mass is 321 g/mol. The molecule has 0 unspecified atom stereocenters. The number of benzene rings is 1. The molecule has 21 heavy (non-hydrogen) atoms. The topological polar surface area (TPSA) is 29.5 Å². The Hall–Kier alpha value is -1.43. The quantitative estimate of drug-likeness (QED) is 0.791. The van der Waals surface area contributed by atoms with Crippen LogP contribution in [0.4, 0.5) is 18.9 Å². The highest BCUT2D eigenvalue weighted by Crippen LogP contribution is 2.36. The normalized spacial score (nSPS) is 18.9. The van der Waals surface area contributed by atoms with E-state index in [4.69, 9.17) is 16.3 Å². The van der Waals surface area contributed by atoms with Crippen LogP contribution in [0.15, 0.2) is 18.2 Å². The molecule has 0 saturated carbocycles. The first-order chi connectivity index (χ1) is 9.82. The van der Waals surface area contributed by atoms with Crippen LogP contribution in [0.3, 0.4) is 0 Å². The van der Waals surface area contributed by atoms with Crippen LogP contribution in [0.25, 0.3) is 0 Å². The van der Waals surface area contributed by atoms with Gasteiger partial charge >= 0.3 is 12.1 Å². The zero-order chi connectivity index (χ0) is 15.6. The maximum atomic E-state index is 12.8. The lowest BCUT2D eigenvalue weighted by atomic mass is 10.1. The molecule has 1 saturated heterocycles. The number of anilines is 1. The Bertz CT molecular complexity index is 533. The number of ether oxygens (including phenoxy) is 1. The minimum absolute atomic E-state index is 0.00525. The van der Waals surface area contributed by atoms with Crippen LogP contribution in [-0.4, -0.2) is 25.2 Å². The van der Waals surface area contributed by atoms with E-state index in [0.717, 1.165) is 18.6 Å². The molecule has 1 atom stereocenters. The van der Waals surface area contributed by atoms with Crippen molar-refractivity contribution in [1.29, 1.82) is 0 Å². The fourth-order valence-electron chi connectivity index (χ4n) is 2.46. The van der Waals surface area contributed by atoms with Crippen molar-refractivity contribution in [1.82, 2.24) is 0 Å². The van der Waals surface area contributed by atoms with E-state index in [2.05, 4.69) is 0 Å². The van der Waals surface area contributed by atoms with E-state index >= 15 is 0 Å². The lowest BCUT2D eigenvalue weighted by Crippen LogP contribution is -2.37. The number of hydrogen-bond acceptors (Lipinski definition) is 3. The van der Waals surface area contributed by atoms with Gasteiger partial charge < -0.3 is 9.64 Å². The van der Waals surface area contributed by atoms with Crippen LogP contribution in [0, 0.1) is 0 Å². The summed E-state index contributed by atoms with van der Waals surface area (Å²) >= 11 is 5.78. The molecule has 3 nitrogen and oxygen atoms in total. The second-order valence-corrected chi connectivity index (χ2v) is 5.24. The van der Waals surface area contributed by atoms with E-state index in [0.29, 0.717) is 18.7 Å². The summed E-state index contributed by atoms with van der Waals surface area (Å²) in [6.45, 7) is 2.44. The maximum Gasteiger partial charge on any atom is 0.416 e. The number of nitrogens with zero attached hydrogens (tertiary/aromatic N) is 1. The van der Waals surface area contributed by atoms with Gasteiger partial charge in [-0.1, -0.05) is 11.6 Å². The second kappa shape index (κ2) is 6.13. The summed E-state index contributed by atoms with van der Waals surface area (Å²) in [5.74, 6) is -0.413. The van der Waals surface area contributed by atoms with Gasteiger partial charge in [0.05, 0.1) is 12.2 Å². The summed E-state index contributed by atoms with van der Waals surface area (Å²) in [7, 11) is 0. The molecular weight excluding hydrogens is 307 g/mol. The lowest BCUT2D eigenvalue weighted by molar-refractivity contribution is -0.144. The standard InChI is InChI=1S/C14H15ClF3NO2/c1-2-21-13(20)12-4-3-5-19(12)11-7-9(14(16,17)18)6-10(15)8-11/h6-8,12H,2-5H2,1H3/t12-/m1/s1. The van der Waals surface area contributed by atoms with Gasteiger partial charge in [-0.3, -0.25) is 0 Å². The molecule has 0 bridgehead atoms. The van der Waals surface area contributed by atoms with Gasteiger partial charge in [0.2, 0.25) is 0 Å². The van der Waals surface area contributed by atoms with Gasteiger partial charge in [0, 0.05) is 17.3 Å².